The summed E-state index contributed by atoms with van der Waals surface area (Å²) in [4.78, 5) is 14.9. The van der Waals surface area contributed by atoms with E-state index in [0.717, 1.165) is 28.7 Å². The molecule has 0 saturated heterocycles. The predicted octanol–water partition coefficient (Wildman–Crippen LogP) is 6.57. The van der Waals surface area contributed by atoms with Gasteiger partial charge in [-0.3, -0.25) is 0 Å². The monoisotopic (exact) mass is 429 g/mol. The van der Waals surface area contributed by atoms with Crippen LogP contribution in [0.2, 0.25) is 0 Å². The molecule has 2 aromatic heterocycles. The summed E-state index contributed by atoms with van der Waals surface area (Å²) < 4.78 is 2.19. The molecule has 0 bridgehead atoms. The van der Waals surface area contributed by atoms with Crippen LogP contribution >= 0.6 is 11.8 Å². The second kappa shape index (κ2) is 9.35. The number of imidazole rings is 1. The molecule has 0 aliphatic heterocycles. The fourth-order valence-electron chi connectivity index (χ4n) is 3.62. The van der Waals surface area contributed by atoms with Crippen molar-refractivity contribution in [3.8, 4) is 11.4 Å². The molecule has 0 saturated carbocycles. The van der Waals surface area contributed by atoms with Gasteiger partial charge in [-0.1, -0.05) is 30.3 Å². The first-order valence-corrected chi connectivity index (χ1v) is 11.4. The van der Waals surface area contributed by atoms with Gasteiger partial charge in [0.1, 0.15) is 5.82 Å². The van der Waals surface area contributed by atoms with Crippen LogP contribution in [0.5, 0.6) is 0 Å². The number of aryl methyl sites for hydroxylation is 2. The minimum absolute atomic E-state index is 0.312. The highest BCUT2D eigenvalue weighted by Gasteiger charge is 2.13. The van der Waals surface area contributed by atoms with E-state index in [-0.39, 0.29) is 0 Å². The van der Waals surface area contributed by atoms with Crippen molar-refractivity contribution >= 4 is 23.4 Å². The third-order valence-electron chi connectivity index (χ3n) is 5.10. The van der Waals surface area contributed by atoms with Gasteiger partial charge >= 0.3 is 0 Å². The first kappa shape index (κ1) is 21.1. The maximum absolute atomic E-state index is 4.75. The largest absolute Gasteiger partial charge is 0.324 e. The lowest BCUT2D eigenvalue weighted by molar-refractivity contribution is 0.587. The second-order valence-electron chi connectivity index (χ2n) is 7.80. The lowest BCUT2D eigenvalue weighted by Gasteiger charge is -2.14. The molecular weight excluding hydrogens is 402 g/mol. The zero-order chi connectivity index (χ0) is 21.8. The molecule has 0 spiro atoms. The summed E-state index contributed by atoms with van der Waals surface area (Å²) in [6.07, 6.45) is 3.67. The Hall–Kier alpha value is -3.12. The quantitative estimate of drug-likeness (QED) is 0.337. The topological polar surface area (TPSA) is 55.6 Å². The number of nitrogens with one attached hydrogen (secondary N) is 1. The van der Waals surface area contributed by atoms with Crippen LogP contribution < -0.4 is 5.32 Å². The molecule has 31 heavy (non-hydrogen) atoms. The first-order chi connectivity index (χ1) is 15.0. The van der Waals surface area contributed by atoms with Gasteiger partial charge in [-0.25, -0.2) is 15.0 Å². The average molecular weight is 430 g/mol. The number of hydrogen-bond donors (Lipinski definition) is 1. The van der Waals surface area contributed by atoms with Gasteiger partial charge in [0.25, 0.3) is 0 Å². The summed E-state index contributed by atoms with van der Waals surface area (Å²) >= 11 is 1.84. The van der Waals surface area contributed by atoms with Crippen molar-refractivity contribution < 1.29 is 0 Å². The fourth-order valence-corrected chi connectivity index (χ4v) is 4.48. The molecule has 2 aromatic carbocycles. The molecule has 0 fully saturated rings. The Morgan fingerprint density at radius 3 is 2.55 bits per heavy atom. The summed E-state index contributed by atoms with van der Waals surface area (Å²) in [5.74, 6) is 2.51. The van der Waals surface area contributed by atoms with Gasteiger partial charge in [-0.15, -0.1) is 11.8 Å². The molecule has 0 unspecified atom stereocenters. The molecule has 4 rings (SSSR count). The normalized spacial score (nSPS) is 11.1. The zero-order valence-corrected chi connectivity index (χ0v) is 19.1. The van der Waals surface area contributed by atoms with Gasteiger partial charge in [-0.05, 0) is 63.1 Å². The van der Waals surface area contributed by atoms with Gasteiger partial charge in [-0.2, -0.15) is 0 Å². The van der Waals surface area contributed by atoms with Crippen LogP contribution in [-0.2, 0) is 5.75 Å². The Labute approximate surface area is 188 Å². The Morgan fingerprint density at radius 1 is 1.00 bits per heavy atom. The molecular formula is C25H27N5S. The minimum Gasteiger partial charge on any atom is -0.324 e. The molecule has 0 radical (unpaired) electrons. The van der Waals surface area contributed by atoms with Gasteiger partial charge in [0.05, 0.1) is 17.6 Å². The number of thioether (sulfide) groups is 1. The Kier molecular flexibility index (Phi) is 6.37. The number of aromatic nitrogens is 4. The summed E-state index contributed by atoms with van der Waals surface area (Å²) in [6, 6.07) is 19.2. The average Bonchev–Trinajstić information content (AvgIpc) is 3.17. The highest BCUT2D eigenvalue weighted by atomic mass is 32.2. The van der Waals surface area contributed by atoms with Crippen LogP contribution in [0.15, 0.2) is 71.9 Å². The maximum atomic E-state index is 4.75. The zero-order valence-electron chi connectivity index (χ0n) is 18.3. The van der Waals surface area contributed by atoms with Gasteiger partial charge in [0.2, 0.25) is 5.95 Å². The fraction of sp³-hybridized carbons (Fsp3) is 0.240. The molecule has 6 heteroatoms. The van der Waals surface area contributed by atoms with Gasteiger partial charge in [0, 0.05) is 28.6 Å². The van der Waals surface area contributed by atoms with Crippen LogP contribution in [0.4, 0.5) is 11.6 Å². The lowest BCUT2D eigenvalue weighted by Crippen LogP contribution is -2.06. The van der Waals surface area contributed by atoms with Crippen LogP contribution in [-0.4, -0.2) is 19.5 Å². The highest BCUT2D eigenvalue weighted by molar-refractivity contribution is 7.98. The molecule has 2 heterocycles. The molecule has 1 N–H and O–H groups in total. The number of rotatable bonds is 7. The molecule has 4 aromatic rings. The highest BCUT2D eigenvalue weighted by Crippen LogP contribution is 2.27. The van der Waals surface area contributed by atoms with Gasteiger partial charge in [0.15, 0.2) is 0 Å². The van der Waals surface area contributed by atoms with E-state index in [2.05, 4.69) is 83.1 Å². The second-order valence-corrected chi connectivity index (χ2v) is 8.84. The third-order valence-corrected chi connectivity index (χ3v) is 6.19. The Balaban J connectivity index is 1.50. The van der Waals surface area contributed by atoms with E-state index in [1.165, 1.54) is 16.0 Å². The maximum Gasteiger partial charge on any atom is 0.227 e. The standard InChI is InChI=1S/C25H27N5S/c1-17(2)30-19(4)27-15-24(30)23-12-13-26-25(29-23)28-22-11-10-20(14-18(22)3)16-31-21-8-6-5-7-9-21/h5-15,17H,16H2,1-4H3,(H,26,28,29). The number of benzene rings is 2. The van der Waals surface area contributed by atoms with E-state index in [1.54, 1.807) is 6.20 Å². The van der Waals surface area contributed by atoms with Crippen LogP contribution in [0, 0.1) is 13.8 Å². The van der Waals surface area contributed by atoms with Crippen molar-refractivity contribution in [3.05, 3.63) is 83.9 Å². The number of nitrogens with zero attached hydrogens (tertiary/aromatic N) is 4. The lowest BCUT2D eigenvalue weighted by atomic mass is 10.1. The summed E-state index contributed by atoms with van der Waals surface area (Å²) in [5, 5.41) is 3.38. The van der Waals surface area contributed by atoms with Crippen LogP contribution in [0.3, 0.4) is 0 Å². The SMILES string of the molecule is Cc1cc(CSc2ccccc2)ccc1Nc1nccc(-c2cnc(C)n2C(C)C)n1. The molecule has 0 amide bonds. The van der Waals surface area contributed by atoms with Crippen molar-refractivity contribution in [3.63, 3.8) is 0 Å². The van der Waals surface area contributed by atoms with E-state index in [4.69, 9.17) is 4.98 Å². The molecule has 0 aliphatic rings. The third kappa shape index (κ3) is 4.97. The van der Waals surface area contributed by atoms with E-state index in [1.807, 2.05) is 37.0 Å². The van der Waals surface area contributed by atoms with E-state index in [9.17, 15) is 0 Å². The smallest absolute Gasteiger partial charge is 0.227 e. The molecule has 0 atom stereocenters. The van der Waals surface area contributed by atoms with E-state index < -0.39 is 0 Å². The molecule has 0 aliphatic carbocycles. The first-order valence-electron chi connectivity index (χ1n) is 10.4. The number of anilines is 2. The van der Waals surface area contributed by atoms with Crippen LogP contribution in [0.25, 0.3) is 11.4 Å². The van der Waals surface area contributed by atoms with E-state index >= 15 is 0 Å². The number of hydrogen-bond acceptors (Lipinski definition) is 5. The van der Waals surface area contributed by atoms with Crippen molar-refractivity contribution in [1.82, 2.24) is 19.5 Å². The molecule has 5 nitrogen and oxygen atoms in total. The van der Waals surface area contributed by atoms with Crippen molar-refractivity contribution in [2.24, 2.45) is 0 Å². The molecule has 158 valence electrons. The summed E-state index contributed by atoms with van der Waals surface area (Å²) in [5.41, 5.74) is 5.34. The van der Waals surface area contributed by atoms with E-state index in [0.29, 0.717) is 12.0 Å². The van der Waals surface area contributed by atoms with Gasteiger partial charge < -0.3 is 9.88 Å². The van der Waals surface area contributed by atoms with Crippen LogP contribution in [0.1, 0.15) is 36.8 Å². The summed E-state index contributed by atoms with van der Waals surface area (Å²) in [6.45, 7) is 8.43. The Bertz CT molecular complexity index is 1170. The summed E-state index contributed by atoms with van der Waals surface area (Å²) in [7, 11) is 0. The van der Waals surface area contributed by atoms with Crippen molar-refractivity contribution in [2.45, 2.75) is 44.4 Å². The predicted molar refractivity (Wildman–Crippen MR) is 129 cm³/mol. The Morgan fingerprint density at radius 2 is 1.81 bits per heavy atom. The van der Waals surface area contributed by atoms with Crippen molar-refractivity contribution in [2.75, 3.05) is 5.32 Å². The minimum atomic E-state index is 0.312. The van der Waals surface area contributed by atoms with Crippen molar-refractivity contribution in [1.29, 1.82) is 0 Å².